The van der Waals surface area contributed by atoms with Gasteiger partial charge in [0.05, 0.1) is 24.0 Å². The summed E-state index contributed by atoms with van der Waals surface area (Å²) in [6.07, 6.45) is 2.68. The maximum Gasteiger partial charge on any atom is 0.341 e. The first-order valence-electron chi connectivity index (χ1n) is 3.14. The van der Waals surface area contributed by atoms with Crippen molar-refractivity contribution in [3.05, 3.63) is 23.0 Å². The molecule has 4 nitrogen and oxygen atoms in total. The minimum absolute atomic E-state index is 0.161. The Morgan fingerprint density at radius 3 is 2.83 bits per heavy atom. The number of pyridine rings is 1. The first kappa shape index (κ1) is 8.80. The number of halogens is 1. The van der Waals surface area contributed by atoms with Gasteiger partial charge in [-0.25, -0.2) is 4.79 Å². The van der Waals surface area contributed by atoms with Crippen LogP contribution in [0.25, 0.3) is 0 Å². The molecule has 0 saturated carbocycles. The number of anilines is 1. The molecule has 1 heterocycles. The highest BCUT2D eigenvalue weighted by atomic mass is 35.5. The zero-order chi connectivity index (χ0) is 9.14. The maximum atomic E-state index is 11.0. The van der Waals surface area contributed by atoms with E-state index in [1.165, 1.54) is 19.5 Å². The predicted octanol–water partition coefficient (Wildman–Crippen LogP) is 1.10. The lowest BCUT2D eigenvalue weighted by Crippen LogP contribution is -2.06. The number of esters is 1. The fraction of sp³-hybridized carbons (Fsp3) is 0.143. The Morgan fingerprint density at radius 1 is 1.67 bits per heavy atom. The normalized spacial score (nSPS) is 9.50. The Bertz CT molecular complexity index is 294. The molecule has 0 aliphatic carbocycles. The van der Waals surface area contributed by atoms with Crippen LogP contribution < -0.4 is 5.73 Å². The van der Waals surface area contributed by atoms with Gasteiger partial charge < -0.3 is 10.5 Å². The molecular weight excluding hydrogens is 180 g/mol. The molecule has 5 heteroatoms. The Balaban J connectivity index is 3.21. The van der Waals surface area contributed by atoms with Gasteiger partial charge in [-0.1, -0.05) is 11.6 Å². The van der Waals surface area contributed by atoms with Gasteiger partial charge in [-0.15, -0.1) is 0 Å². The number of ether oxygens (including phenoxy) is 1. The molecule has 12 heavy (non-hydrogen) atoms. The van der Waals surface area contributed by atoms with Crippen molar-refractivity contribution in [1.82, 2.24) is 4.98 Å². The van der Waals surface area contributed by atoms with Crippen LogP contribution in [0.4, 0.5) is 5.69 Å². The van der Waals surface area contributed by atoms with E-state index in [-0.39, 0.29) is 16.3 Å². The molecule has 0 bridgehead atoms. The van der Waals surface area contributed by atoms with Crippen LogP contribution in [0.5, 0.6) is 0 Å². The first-order chi connectivity index (χ1) is 5.66. The van der Waals surface area contributed by atoms with E-state index in [1.807, 2.05) is 0 Å². The fourth-order valence-corrected chi connectivity index (χ4v) is 1.01. The molecule has 64 valence electrons. The Hall–Kier alpha value is -1.29. The highest BCUT2D eigenvalue weighted by Gasteiger charge is 2.13. The summed E-state index contributed by atoms with van der Waals surface area (Å²) >= 11 is 5.66. The summed E-state index contributed by atoms with van der Waals surface area (Å²) in [7, 11) is 1.26. The van der Waals surface area contributed by atoms with Gasteiger partial charge in [0.25, 0.3) is 0 Å². The molecule has 0 saturated heterocycles. The SMILES string of the molecule is COC(=O)c1c(N)cncc1Cl. The second-order valence-corrected chi connectivity index (χ2v) is 2.48. The molecule has 0 radical (unpaired) electrons. The summed E-state index contributed by atoms with van der Waals surface area (Å²) < 4.78 is 4.47. The first-order valence-corrected chi connectivity index (χ1v) is 3.52. The molecule has 0 spiro atoms. The third-order valence-electron chi connectivity index (χ3n) is 1.32. The number of rotatable bonds is 1. The number of nitrogens with zero attached hydrogens (tertiary/aromatic N) is 1. The van der Waals surface area contributed by atoms with Crippen LogP contribution in [0.3, 0.4) is 0 Å². The van der Waals surface area contributed by atoms with Gasteiger partial charge in [0, 0.05) is 6.20 Å². The zero-order valence-electron chi connectivity index (χ0n) is 6.37. The minimum Gasteiger partial charge on any atom is -0.465 e. The fourth-order valence-electron chi connectivity index (χ4n) is 0.767. The summed E-state index contributed by atoms with van der Waals surface area (Å²) in [5.41, 5.74) is 5.83. The van der Waals surface area contributed by atoms with E-state index in [0.29, 0.717) is 0 Å². The largest absolute Gasteiger partial charge is 0.465 e. The summed E-state index contributed by atoms with van der Waals surface area (Å²) in [6.45, 7) is 0. The molecule has 0 fully saturated rings. The van der Waals surface area contributed by atoms with Crippen LogP contribution in [-0.4, -0.2) is 18.1 Å². The Labute approximate surface area is 74.3 Å². The lowest BCUT2D eigenvalue weighted by atomic mass is 10.2. The van der Waals surface area contributed by atoms with Gasteiger partial charge in [-0.2, -0.15) is 0 Å². The number of hydrogen-bond acceptors (Lipinski definition) is 4. The molecule has 0 amide bonds. The molecule has 1 aromatic heterocycles. The number of carbonyl (C=O) groups is 1. The van der Waals surface area contributed by atoms with Crippen LogP contribution in [0.1, 0.15) is 10.4 Å². The van der Waals surface area contributed by atoms with Crippen molar-refractivity contribution in [2.24, 2.45) is 0 Å². The second-order valence-electron chi connectivity index (χ2n) is 2.08. The number of nitrogen functional groups attached to an aromatic ring is 1. The van der Waals surface area contributed by atoms with Crippen LogP contribution in [-0.2, 0) is 4.74 Å². The van der Waals surface area contributed by atoms with Gasteiger partial charge >= 0.3 is 5.97 Å². The number of aromatic nitrogens is 1. The molecule has 1 rings (SSSR count). The van der Waals surface area contributed by atoms with Gasteiger partial charge in [-0.05, 0) is 0 Å². The third kappa shape index (κ3) is 1.48. The predicted molar refractivity (Wildman–Crippen MR) is 45.0 cm³/mol. The summed E-state index contributed by atoms with van der Waals surface area (Å²) in [5.74, 6) is -0.556. The molecule has 1 aromatic rings. The van der Waals surface area contributed by atoms with Crippen molar-refractivity contribution >= 4 is 23.3 Å². The van der Waals surface area contributed by atoms with Crippen molar-refractivity contribution in [2.45, 2.75) is 0 Å². The van der Waals surface area contributed by atoms with Crippen LogP contribution in [0, 0.1) is 0 Å². The minimum atomic E-state index is -0.556. The van der Waals surface area contributed by atoms with Crippen LogP contribution in [0.2, 0.25) is 5.02 Å². The molecule has 0 aliphatic rings. The highest BCUT2D eigenvalue weighted by Crippen LogP contribution is 2.20. The van der Waals surface area contributed by atoms with E-state index in [0.717, 1.165) is 0 Å². The molecule has 2 N–H and O–H groups in total. The average molecular weight is 187 g/mol. The second kappa shape index (κ2) is 3.40. The van der Waals surface area contributed by atoms with E-state index >= 15 is 0 Å². The lowest BCUT2D eigenvalue weighted by Gasteiger charge is -2.03. The van der Waals surface area contributed by atoms with Crippen molar-refractivity contribution in [3.63, 3.8) is 0 Å². The quantitative estimate of drug-likeness (QED) is 0.668. The van der Waals surface area contributed by atoms with Gasteiger partial charge in [0.1, 0.15) is 5.56 Å². The van der Waals surface area contributed by atoms with E-state index in [4.69, 9.17) is 17.3 Å². The highest BCUT2D eigenvalue weighted by molar-refractivity contribution is 6.34. The van der Waals surface area contributed by atoms with Crippen LogP contribution >= 0.6 is 11.6 Å². The average Bonchev–Trinajstić information content (AvgIpc) is 2.03. The van der Waals surface area contributed by atoms with E-state index in [2.05, 4.69) is 9.72 Å². The number of carbonyl (C=O) groups excluding carboxylic acids is 1. The van der Waals surface area contributed by atoms with E-state index in [9.17, 15) is 4.79 Å². The van der Waals surface area contributed by atoms with E-state index < -0.39 is 5.97 Å². The topological polar surface area (TPSA) is 65.2 Å². The van der Waals surface area contributed by atoms with Crippen molar-refractivity contribution in [1.29, 1.82) is 0 Å². The van der Waals surface area contributed by atoms with Gasteiger partial charge in [0.15, 0.2) is 0 Å². The zero-order valence-corrected chi connectivity index (χ0v) is 7.13. The summed E-state index contributed by atoms with van der Waals surface area (Å²) in [4.78, 5) is 14.7. The maximum absolute atomic E-state index is 11.0. The number of methoxy groups -OCH3 is 1. The third-order valence-corrected chi connectivity index (χ3v) is 1.61. The Kier molecular flexibility index (Phi) is 2.50. The van der Waals surface area contributed by atoms with Crippen molar-refractivity contribution in [2.75, 3.05) is 12.8 Å². The molecular formula is C7H7ClN2O2. The van der Waals surface area contributed by atoms with Gasteiger partial charge in [-0.3, -0.25) is 4.98 Å². The monoisotopic (exact) mass is 186 g/mol. The lowest BCUT2D eigenvalue weighted by molar-refractivity contribution is 0.0602. The van der Waals surface area contributed by atoms with Crippen molar-refractivity contribution < 1.29 is 9.53 Å². The standard InChI is InChI=1S/C7H7ClN2O2/c1-12-7(11)6-4(8)2-10-3-5(6)9/h2-3H,9H2,1H3. The van der Waals surface area contributed by atoms with Crippen molar-refractivity contribution in [3.8, 4) is 0 Å². The molecule has 0 unspecified atom stereocenters. The Morgan fingerprint density at radius 2 is 2.33 bits per heavy atom. The number of hydrogen-bond donors (Lipinski definition) is 1. The van der Waals surface area contributed by atoms with Gasteiger partial charge in [0.2, 0.25) is 0 Å². The van der Waals surface area contributed by atoms with Crippen LogP contribution in [0.15, 0.2) is 12.4 Å². The number of nitrogens with two attached hydrogens (primary N) is 1. The molecule has 0 atom stereocenters. The smallest absolute Gasteiger partial charge is 0.341 e. The molecule has 0 aliphatic heterocycles. The molecule has 0 aromatic carbocycles. The van der Waals surface area contributed by atoms with E-state index in [1.54, 1.807) is 0 Å². The summed E-state index contributed by atoms with van der Waals surface area (Å²) in [5, 5.41) is 0.196. The summed E-state index contributed by atoms with van der Waals surface area (Å²) in [6, 6.07) is 0.